The van der Waals surface area contributed by atoms with E-state index in [1.165, 1.54) is 6.08 Å². The normalized spacial score (nSPS) is 14.6. The summed E-state index contributed by atoms with van der Waals surface area (Å²) in [6.07, 6.45) is 4.30. The van der Waals surface area contributed by atoms with Gasteiger partial charge in [0.05, 0.1) is 13.0 Å². The van der Waals surface area contributed by atoms with Crippen LogP contribution in [0.25, 0.3) is 16.8 Å². The van der Waals surface area contributed by atoms with Gasteiger partial charge in [0.25, 0.3) is 0 Å². The SMILES string of the molecule is CCOc1ccc(Br)cc1C=CC(=O)NC1(C(=O)NCCNC(=O)Cc2cccc3ccccc23)CCNCC1. The van der Waals surface area contributed by atoms with E-state index in [4.69, 9.17) is 4.74 Å². The lowest BCUT2D eigenvalue weighted by Crippen LogP contribution is -2.63. The highest BCUT2D eigenvalue weighted by Crippen LogP contribution is 2.25. The summed E-state index contributed by atoms with van der Waals surface area (Å²) >= 11 is 3.45. The Morgan fingerprint density at radius 1 is 1.00 bits per heavy atom. The van der Waals surface area contributed by atoms with E-state index in [0.29, 0.717) is 44.8 Å². The van der Waals surface area contributed by atoms with E-state index < -0.39 is 5.54 Å². The first-order chi connectivity index (χ1) is 19.4. The highest BCUT2D eigenvalue weighted by Gasteiger charge is 2.40. The number of ether oxygens (including phenoxy) is 1. The third-order valence-electron chi connectivity index (χ3n) is 6.90. The number of carbonyl (C=O) groups excluding carboxylic acids is 3. The number of rotatable bonds is 11. The second kappa shape index (κ2) is 14.1. The van der Waals surface area contributed by atoms with E-state index in [-0.39, 0.29) is 30.7 Å². The van der Waals surface area contributed by atoms with Gasteiger partial charge in [-0.2, -0.15) is 0 Å². The lowest BCUT2D eigenvalue weighted by Gasteiger charge is -2.36. The van der Waals surface area contributed by atoms with Gasteiger partial charge < -0.3 is 26.0 Å². The number of carbonyl (C=O) groups is 3. The van der Waals surface area contributed by atoms with Gasteiger partial charge in [0.1, 0.15) is 11.3 Å². The second-order valence-electron chi connectivity index (χ2n) is 9.69. The van der Waals surface area contributed by atoms with Gasteiger partial charge in [0, 0.05) is 29.2 Å². The van der Waals surface area contributed by atoms with Crippen molar-refractivity contribution >= 4 is 50.5 Å². The lowest BCUT2D eigenvalue weighted by atomic mass is 9.87. The fraction of sp³-hybridized carbons (Fsp3) is 0.323. The van der Waals surface area contributed by atoms with Crippen molar-refractivity contribution in [3.63, 3.8) is 0 Å². The molecule has 0 bridgehead atoms. The van der Waals surface area contributed by atoms with Crippen molar-refractivity contribution in [1.29, 1.82) is 0 Å². The fourth-order valence-corrected chi connectivity index (χ4v) is 5.25. The second-order valence-corrected chi connectivity index (χ2v) is 10.6. The van der Waals surface area contributed by atoms with E-state index in [0.717, 1.165) is 26.4 Å². The van der Waals surface area contributed by atoms with Gasteiger partial charge in [0.2, 0.25) is 17.7 Å². The van der Waals surface area contributed by atoms with Crippen LogP contribution in [0.2, 0.25) is 0 Å². The zero-order valence-corrected chi connectivity index (χ0v) is 24.2. The quantitative estimate of drug-likeness (QED) is 0.196. The van der Waals surface area contributed by atoms with Crippen LogP contribution in [0.1, 0.15) is 30.9 Å². The first-order valence-electron chi connectivity index (χ1n) is 13.5. The summed E-state index contributed by atoms with van der Waals surface area (Å²) in [5, 5.41) is 14.1. The van der Waals surface area contributed by atoms with E-state index in [2.05, 4.69) is 37.2 Å². The number of fused-ring (bicyclic) bond motifs is 1. The molecule has 0 aliphatic carbocycles. The Labute approximate surface area is 243 Å². The average Bonchev–Trinajstić information content (AvgIpc) is 2.96. The highest BCUT2D eigenvalue weighted by atomic mass is 79.9. The maximum atomic E-state index is 13.3. The maximum absolute atomic E-state index is 13.3. The number of amides is 3. The van der Waals surface area contributed by atoms with Crippen molar-refractivity contribution in [2.45, 2.75) is 31.7 Å². The monoisotopic (exact) mass is 606 g/mol. The molecule has 0 unspecified atom stereocenters. The molecule has 210 valence electrons. The molecule has 1 fully saturated rings. The summed E-state index contributed by atoms with van der Waals surface area (Å²) in [7, 11) is 0. The number of nitrogens with one attached hydrogen (secondary N) is 4. The summed E-state index contributed by atoms with van der Waals surface area (Å²) in [4.78, 5) is 38.8. The largest absolute Gasteiger partial charge is 0.493 e. The Balaban J connectivity index is 1.31. The minimum Gasteiger partial charge on any atom is -0.493 e. The van der Waals surface area contributed by atoms with Crippen LogP contribution in [0.3, 0.4) is 0 Å². The lowest BCUT2D eigenvalue weighted by molar-refractivity contribution is -0.133. The van der Waals surface area contributed by atoms with Gasteiger partial charge >= 0.3 is 0 Å². The number of benzene rings is 3. The van der Waals surface area contributed by atoms with Gasteiger partial charge in [-0.15, -0.1) is 0 Å². The van der Waals surface area contributed by atoms with Crippen LogP contribution in [0.15, 0.2) is 71.2 Å². The zero-order chi connectivity index (χ0) is 28.4. The van der Waals surface area contributed by atoms with Crippen LogP contribution in [-0.4, -0.2) is 56.0 Å². The molecule has 1 saturated heterocycles. The van der Waals surface area contributed by atoms with E-state index >= 15 is 0 Å². The molecule has 3 amide bonds. The summed E-state index contributed by atoms with van der Waals surface area (Å²) < 4.78 is 6.52. The van der Waals surface area contributed by atoms with Gasteiger partial charge in [-0.05, 0) is 73.5 Å². The molecule has 0 saturated carbocycles. The Hall–Kier alpha value is -3.69. The average molecular weight is 608 g/mol. The van der Waals surface area contributed by atoms with Crippen LogP contribution in [-0.2, 0) is 20.8 Å². The standard InChI is InChI=1S/C31H35BrN4O4/c1-2-40-27-12-11-25(32)20-24(27)10-13-28(37)36-31(14-16-33-17-15-31)30(39)35-19-18-34-29(38)21-23-8-5-7-22-6-3-4-9-26(22)23/h3-13,20,33H,2,14-19,21H2,1H3,(H,34,38)(H,35,39)(H,36,37). The molecular weight excluding hydrogens is 572 g/mol. The maximum Gasteiger partial charge on any atom is 0.245 e. The van der Waals surface area contributed by atoms with Crippen molar-refractivity contribution in [2.75, 3.05) is 32.8 Å². The van der Waals surface area contributed by atoms with E-state index in [1.807, 2.05) is 67.6 Å². The molecule has 1 heterocycles. The smallest absolute Gasteiger partial charge is 0.245 e. The van der Waals surface area contributed by atoms with Crippen molar-refractivity contribution in [2.24, 2.45) is 0 Å². The molecule has 40 heavy (non-hydrogen) atoms. The molecule has 0 aromatic heterocycles. The van der Waals surface area contributed by atoms with Crippen LogP contribution >= 0.6 is 15.9 Å². The zero-order valence-electron chi connectivity index (χ0n) is 22.6. The van der Waals surface area contributed by atoms with Gasteiger partial charge in [0.15, 0.2) is 0 Å². The molecule has 0 atom stereocenters. The molecule has 3 aromatic rings. The minimum absolute atomic E-state index is 0.111. The molecule has 9 heteroatoms. The number of hydrogen-bond acceptors (Lipinski definition) is 5. The van der Waals surface area contributed by atoms with Crippen LogP contribution in [0.5, 0.6) is 5.75 Å². The molecule has 4 rings (SSSR count). The Kier molecular flexibility index (Phi) is 10.3. The van der Waals surface area contributed by atoms with Gasteiger partial charge in [-0.25, -0.2) is 0 Å². The van der Waals surface area contributed by atoms with Crippen molar-refractivity contribution < 1.29 is 19.1 Å². The van der Waals surface area contributed by atoms with E-state index in [1.54, 1.807) is 6.08 Å². The topological polar surface area (TPSA) is 109 Å². The summed E-state index contributed by atoms with van der Waals surface area (Å²) in [6, 6.07) is 19.5. The number of piperidine rings is 1. The predicted octanol–water partition coefficient (Wildman–Crippen LogP) is 3.73. The number of hydrogen-bond donors (Lipinski definition) is 4. The summed E-state index contributed by atoms with van der Waals surface area (Å²) in [6.45, 7) is 4.18. The Bertz CT molecular complexity index is 1380. The third kappa shape index (κ3) is 7.70. The van der Waals surface area contributed by atoms with Crippen LogP contribution in [0.4, 0.5) is 0 Å². The summed E-state index contributed by atoms with van der Waals surface area (Å²) in [5.74, 6) is -0.0504. The highest BCUT2D eigenvalue weighted by molar-refractivity contribution is 9.10. The summed E-state index contributed by atoms with van der Waals surface area (Å²) in [5.41, 5.74) is 0.689. The third-order valence-corrected chi connectivity index (χ3v) is 7.40. The van der Waals surface area contributed by atoms with Gasteiger partial charge in [-0.3, -0.25) is 14.4 Å². The molecule has 0 spiro atoms. The van der Waals surface area contributed by atoms with Crippen molar-refractivity contribution in [3.8, 4) is 5.75 Å². The van der Waals surface area contributed by atoms with Crippen LogP contribution < -0.4 is 26.0 Å². The van der Waals surface area contributed by atoms with Gasteiger partial charge in [-0.1, -0.05) is 58.4 Å². The Morgan fingerprint density at radius 3 is 2.55 bits per heavy atom. The minimum atomic E-state index is -1.03. The first-order valence-corrected chi connectivity index (χ1v) is 14.3. The Morgan fingerprint density at radius 2 is 1.75 bits per heavy atom. The first kappa shape index (κ1) is 29.3. The molecule has 1 aliphatic heterocycles. The predicted molar refractivity (Wildman–Crippen MR) is 161 cm³/mol. The van der Waals surface area contributed by atoms with Crippen molar-refractivity contribution in [1.82, 2.24) is 21.3 Å². The van der Waals surface area contributed by atoms with E-state index in [9.17, 15) is 14.4 Å². The van der Waals surface area contributed by atoms with Crippen LogP contribution in [0, 0.1) is 0 Å². The fourth-order valence-electron chi connectivity index (χ4n) is 4.87. The van der Waals surface area contributed by atoms with Crippen molar-refractivity contribution in [3.05, 3.63) is 82.3 Å². The molecule has 0 radical (unpaired) electrons. The molecule has 3 aromatic carbocycles. The molecular formula is C31H35BrN4O4. The molecule has 4 N–H and O–H groups in total. The molecule has 1 aliphatic rings. The number of halogens is 1. The molecule has 8 nitrogen and oxygen atoms in total.